The summed E-state index contributed by atoms with van der Waals surface area (Å²) in [5.74, 6) is -0.885. The van der Waals surface area contributed by atoms with Gasteiger partial charge in [-0.3, -0.25) is 0 Å². The van der Waals surface area contributed by atoms with Crippen LogP contribution < -0.4 is 5.32 Å². The van der Waals surface area contributed by atoms with Crippen molar-refractivity contribution in [1.82, 2.24) is 0 Å². The highest BCUT2D eigenvalue weighted by atomic mass is 16.4. The Morgan fingerprint density at radius 1 is 1.27 bits per heavy atom. The van der Waals surface area contributed by atoms with Crippen LogP contribution in [0.4, 0.5) is 5.69 Å². The lowest BCUT2D eigenvalue weighted by atomic mass is 10.1. The van der Waals surface area contributed by atoms with Gasteiger partial charge in [0.15, 0.2) is 0 Å². The van der Waals surface area contributed by atoms with Crippen LogP contribution in [-0.2, 0) is 0 Å². The Balaban J connectivity index is 2.16. The highest BCUT2D eigenvalue weighted by molar-refractivity contribution is 5.94. The second-order valence-electron chi connectivity index (χ2n) is 3.63. The summed E-state index contributed by atoms with van der Waals surface area (Å²) in [5, 5.41) is 12.2. The van der Waals surface area contributed by atoms with Gasteiger partial charge in [0, 0.05) is 11.7 Å². The van der Waals surface area contributed by atoms with Gasteiger partial charge in [-0.1, -0.05) is 24.3 Å². The molecule has 3 heteroatoms. The van der Waals surface area contributed by atoms with E-state index in [0.29, 0.717) is 17.3 Å². The van der Waals surface area contributed by atoms with Crippen LogP contribution >= 0.6 is 0 Å². The average Bonchev–Trinajstić information content (AvgIpc) is 2.71. The summed E-state index contributed by atoms with van der Waals surface area (Å²) in [4.78, 5) is 10.9. The van der Waals surface area contributed by atoms with Crippen LogP contribution in [0.25, 0.3) is 0 Å². The number of carboxylic acid groups (broad SMARTS) is 1. The molecular formula is C12H13NO2. The molecule has 1 aliphatic carbocycles. The summed E-state index contributed by atoms with van der Waals surface area (Å²) >= 11 is 0. The molecule has 2 rings (SSSR count). The van der Waals surface area contributed by atoms with Crippen LogP contribution in [0.1, 0.15) is 23.2 Å². The van der Waals surface area contributed by atoms with Gasteiger partial charge in [0.25, 0.3) is 0 Å². The molecule has 1 aromatic carbocycles. The standard InChI is InChI=1S/C12H13NO2/c14-12(15)10-7-3-4-8-11(10)13-9-5-1-2-6-9/h1-4,7-9,13H,5-6H2,(H,14,15). The molecule has 0 atom stereocenters. The molecular weight excluding hydrogens is 190 g/mol. The number of rotatable bonds is 3. The van der Waals surface area contributed by atoms with E-state index in [1.165, 1.54) is 0 Å². The normalized spacial score (nSPS) is 15.5. The van der Waals surface area contributed by atoms with Gasteiger partial charge >= 0.3 is 5.97 Å². The number of benzene rings is 1. The van der Waals surface area contributed by atoms with E-state index in [9.17, 15) is 4.79 Å². The first-order chi connectivity index (χ1) is 7.27. The second kappa shape index (κ2) is 4.17. The Bertz CT molecular complexity index is 390. The molecule has 0 spiro atoms. The number of anilines is 1. The Labute approximate surface area is 88.4 Å². The van der Waals surface area contributed by atoms with Gasteiger partial charge in [-0.25, -0.2) is 4.79 Å². The lowest BCUT2D eigenvalue weighted by Crippen LogP contribution is -2.17. The molecule has 0 amide bonds. The summed E-state index contributed by atoms with van der Waals surface area (Å²) in [5.41, 5.74) is 1.04. The van der Waals surface area contributed by atoms with Crippen molar-refractivity contribution in [1.29, 1.82) is 0 Å². The Morgan fingerprint density at radius 2 is 1.93 bits per heavy atom. The molecule has 0 aromatic heterocycles. The first kappa shape index (κ1) is 9.77. The summed E-state index contributed by atoms with van der Waals surface area (Å²) < 4.78 is 0. The fraction of sp³-hybridized carbons (Fsp3) is 0.250. The van der Waals surface area contributed by atoms with Gasteiger partial charge in [0.2, 0.25) is 0 Å². The minimum Gasteiger partial charge on any atom is -0.478 e. The van der Waals surface area contributed by atoms with Crippen molar-refractivity contribution >= 4 is 11.7 Å². The molecule has 2 N–H and O–H groups in total. The van der Waals surface area contributed by atoms with E-state index < -0.39 is 5.97 Å². The number of carbonyl (C=O) groups is 1. The third-order valence-electron chi connectivity index (χ3n) is 2.52. The van der Waals surface area contributed by atoms with Crippen molar-refractivity contribution in [2.24, 2.45) is 0 Å². The van der Waals surface area contributed by atoms with Crippen LogP contribution in [0.5, 0.6) is 0 Å². The minimum absolute atomic E-state index is 0.337. The highest BCUT2D eigenvalue weighted by Gasteiger charge is 2.14. The number of nitrogens with one attached hydrogen (secondary N) is 1. The lowest BCUT2D eigenvalue weighted by Gasteiger charge is -2.15. The van der Waals surface area contributed by atoms with Gasteiger partial charge in [-0.05, 0) is 25.0 Å². The maximum absolute atomic E-state index is 10.9. The number of carboxylic acids is 1. The molecule has 0 bridgehead atoms. The van der Waals surface area contributed by atoms with Crippen molar-refractivity contribution in [3.05, 3.63) is 42.0 Å². The van der Waals surface area contributed by atoms with Gasteiger partial charge in [0.05, 0.1) is 5.56 Å². The van der Waals surface area contributed by atoms with Crippen LogP contribution in [0.15, 0.2) is 36.4 Å². The fourth-order valence-corrected chi connectivity index (χ4v) is 1.75. The quantitative estimate of drug-likeness (QED) is 0.742. The maximum Gasteiger partial charge on any atom is 0.337 e. The summed E-state index contributed by atoms with van der Waals surface area (Å²) in [6.45, 7) is 0. The van der Waals surface area contributed by atoms with Crippen LogP contribution in [0.3, 0.4) is 0 Å². The largest absolute Gasteiger partial charge is 0.478 e. The maximum atomic E-state index is 10.9. The van der Waals surface area contributed by atoms with E-state index in [4.69, 9.17) is 5.11 Å². The van der Waals surface area contributed by atoms with E-state index in [-0.39, 0.29) is 0 Å². The first-order valence-corrected chi connectivity index (χ1v) is 5.01. The highest BCUT2D eigenvalue weighted by Crippen LogP contribution is 2.20. The molecule has 0 saturated heterocycles. The van der Waals surface area contributed by atoms with Crippen molar-refractivity contribution in [2.75, 3.05) is 5.32 Å². The molecule has 15 heavy (non-hydrogen) atoms. The predicted octanol–water partition coefficient (Wildman–Crippen LogP) is 2.52. The molecule has 0 unspecified atom stereocenters. The molecule has 3 nitrogen and oxygen atoms in total. The zero-order valence-corrected chi connectivity index (χ0v) is 8.31. The van der Waals surface area contributed by atoms with Gasteiger partial charge in [-0.15, -0.1) is 0 Å². The van der Waals surface area contributed by atoms with Crippen molar-refractivity contribution < 1.29 is 9.90 Å². The van der Waals surface area contributed by atoms with Crippen LogP contribution in [0, 0.1) is 0 Å². The monoisotopic (exact) mass is 203 g/mol. The van der Waals surface area contributed by atoms with Gasteiger partial charge in [-0.2, -0.15) is 0 Å². The third-order valence-corrected chi connectivity index (χ3v) is 2.52. The Kier molecular flexibility index (Phi) is 2.72. The Morgan fingerprint density at radius 3 is 2.60 bits per heavy atom. The average molecular weight is 203 g/mol. The summed E-state index contributed by atoms with van der Waals surface area (Å²) in [6.07, 6.45) is 6.16. The molecule has 0 fully saturated rings. The smallest absolute Gasteiger partial charge is 0.337 e. The van der Waals surface area contributed by atoms with E-state index in [0.717, 1.165) is 12.8 Å². The number of hydrogen-bond donors (Lipinski definition) is 2. The fourth-order valence-electron chi connectivity index (χ4n) is 1.75. The van der Waals surface area contributed by atoms with Crippen molar-refractivity contribution in [3.63, 3.8) is 0 Å². The summed E-state index contributed by atoms with van der Waals surface area (Å²) in [6, 6.07) is 7.35. The minimum atomic E-state index is -0.885. The van der Waals surface area contributed by atoms with E-state index in [1.807, 2.05) is 12.1 Å². The van der Waals surface area contributed by atoms with Crippen LogP contribution in [-0.4, -0.2) is 17.1 Å². The molecule has 0 heterocycles. The van der Waals surface area contributed by atoms with E-state index >= 15 is 0 Å². The molecule has 78 valence electrons. The second-order valence-corrected chi connectivity index (χ2v) is 3.63. The molecule has 0 aliphatic heterocycles. The predicted molar refractivity (Wildman–Crippen MR) is 59.2 cm³/mol. The molecule has 0 saturated carbocycles. The van der Waals surface area contributed by atoms with Gasteiger partial charge < -0.3 is 10.4 Å². The summed E-state index contributed by atoms with van der Waals surface area (Å²) in [7, 11) is 0. The van der Waals surface area contributed by atoms with Crippen LogP contribution in [0.2, 0.25) is 0 Å². The molecule has 0 radical (unpaired) electrons. The molecule has 1 aromatic rings. The molecule has 1 aliphatic rings. The Hall–Kier alpha value is -1.77. The zero-order valence-electron chi connectivity index (χ0n) is 8.31. The number of aromatic carboxylic acids is 1. The van der Waals surface area contributed by atoms with E-state index in [2.05, 4.69) is 17.5 Å². The third kappa shape index (κ3) is 2.18. The van der Waals surface area contributed by atoms with E-state index in [1.54, 1.807) is 12.1 Å². The lowest BCUT2D eigenvalue weighted by molar-refractivity contribution is 0.0698. The van der Waals surface area contributed by atoms with Gasteiger partial charge in [0.1, 0.15) is 0 Å². The zero-order chi connectivity index (χ0) is 10.7. The topological polar surface area (TPSA) is 49.3 Å². The van der Waals surface area contributed by atoms with Crippen molar-refractivity contribution in [2.45, 2.75) is 18.9 Å². The van der Waals surface area contributed by atoms with Crippen molar-refractivity contribution in [3.8, 4) is 0 Å². The SMILES string of the molecule is O=C(O)c1ccccc1NC1CC=CC1. The number of para-hydroxylation sites is 1. The first-order valence-electron chi connectivity index (χ1n) is 5.01. The number of hydrogen-bond acceptors (Lipinski definition) is 2.